The number of hydrogen-bond donors (Lipinski definition) is 2. The summed E-state index contributed by atoms with van der Waals surface area (Å²) in [5.74, 6) is 0.983. The molecule has 1 aliphatic rings. The molecule has 2 rings (SSSR count). The Bertz CT molecular complexity index is 586. The van der Waals surface area contributed by atoms with Crippen LogP contribution in [0.3, 0.4) is 0 Å². The highest BCUT2D eigenvalue weighted by molar-refractivity contribution is 7.89. The first-order valence-corrected chi connectivity index (χ1v) is 7.56. The molecule has 0 radical (unpaired) electrons. The van der Waals surface area contributed by atoms with Gasteiger partial charge in [0, 0.05) is 19.0 Å². The van der Waals surface area contributed by atoms with Crippen molar-refractivity contribution >= 4 is 27.2 Å². The van der Waals surface area contributed by atoms with Gasteiger partial charge in [0.05, 0.1) is 9.88 Å². The van der Waals surface area contributed by atoms with Crippen molar-refractivity contribution in [1.82, 2.24) is 4.72 Å². The van der Waals surface area contributed by atoms with E-state index < -0.39 is 10.0 Å². The molecule has 19 heavy (non-hydrogen) atoms. The number of fused-ring (bicyclic) bond motifs is 1. The number of nitrogens with one attached hydrogen (secondary N) is 1. The van der Waals surface area contributed by atoms with Crippen LogP contribution in [-0.2, 0) is 10.0 Å². The van der Waals surface area contributed by atoms with Gasteiger partial charge in [-0.1, -0.05) is 12.2 Å². The van der Waals surface area contributed by atoms with E-state index in [1.807, 2.05) is 0 Å². The number of nitrogens with two attached hydrogens (primary N) is 1. The molecule has 104 valence electrons. The molecule has 1 aliphatic heterocycles. The monoisotopic (exact) mass is 302 g/mol. The van der Waals surface area contributed by atoms with Gasteiger partial charge in [0.2, 0.25) is 10.0 Å². The van der Waals surface area contributed by atoms with Crippen molar-refractivity contribution in [2.24, 2.45) is 5.73 Å². The van der Waals surface area contributed by atoms with Crippen LogP contribution in [0, 0.1) is 0 Å². The van der Waals surface area contributed by atoms with E-state index in [4.69, 9.17) is 15.2 Å². The summed E-state index contributed by atoms with van der Waals surface area (Å²) >= 11 is 4.69. The largest absolute Gasteiger partial charge is 0.486 e. The molecule has 0 fully saturated rings. The molecule has 6 nitrogen and oxygen atoms in total. The molecule has 1 heterocycles. The number of rotatable bonds is 5. The lowest BCUT2D eigenvalue weighted by Crippen LogP contribution is -2.27. The second kappa shape index (κ2) is 5.72. The van der Waals surface area contributed by atoms with Gasteiger partial charge in [-0.15, -0.1) is 0 Å². The Morgan fingerprint density at radius 2 is 2.00 bits per heavy atom. The van der Waals surface area contributed by atoms with Crippen LogP contribution in [0.15, 0.2) is 23.1 Å². The highest BCUT2D eigenvalue weighted by Crippen LogP contribution is 2.32. The maximum Gasteiger partial charge on any atom is 0.240 e. The summed E-state index contributed by atoms with van der Waals surface area (Å²) < 4.78 is 37.1. The van der Waals surface area contributed by atoms with Gasteiger partial charge in [-0.2, -0.15) is 0 Å². The van der Waals surface area contributed by atoms with E-state index in [1.165, 1.54) is 12.1 Å². The molecule has 8 heteroatoms. The summed E-state index contributed by atoms with van der Waals surface area (Å²) in [6, 6.07) is 4.49. The van der Waals surface area contributed by atoms with Crippen LogP contribution in [0.25, 0.3) is 0 Å². The summed E-state index contributed by atoms with van der Waals surface area (Å²) in [4.78, 5) is 0.393. The molecule has 0 bridgehead atoms. The van der Waals surface area contributed by atoms with Crippen molar-refractivity contribution in [3.05, 3.63) is 18.2 Å². The number of ether oxygens (including phenoxy) is 2. The zero-order valence-corrected chi connectivity index (χ0v) is 11.7. The SMILES string of the molecule is NC(=S)CCNS(=O)(=O)c1ccc2c(c1)OCCO2. The van der Waals surface area contributed by atoms with Gasteiger partial charge in [0.1, 0.15) is 13.2 Å². The lowest BCUT2D eigenvalue weighted by molar-refractivity contribution is 0.171. The van der Waals surface area contributed by atoms with Crippen LogP contribution < -0.4 is 19.9 Å². The van der Waals surface area contributed by atoms with Gasteiger partial charge in [-0.05, 0) is 12.1 Å². The van der Waals surface area contributed by atoms with Crippen LogP contribution in [0.5, 0.6) is 11.5 Å². The minimum Gasteiger partial charge on any atom is -0.486 e. The van der Waals surface area contributed by atoms with E-state index >= 15 is 0 Å². The Morgan fingerprint density at radius 1 is 1.32 bits per heavy atom. The van der Waals surface area contributed by atoms with Crippen molar-refractivity contribution < 1.29 is 17.9 Å². The normalized spacial score (nSPS) is 14.1. The van der Waals surface area contributed by atoms with Gasteiger partial charge in [0.25, 0.3) is 0 Å². The molecule has 0 saturated heterocycles. The molecular weight excluding hydrogens is 288 g/mol. The average molecular weight is 302 g/mol. The van der Waals surface area contributed by atoms with Crippen LogP contribution in [0.4, 0.5) is 0 Å². The van der Waals surface area contributed by atoms with Crippen molar-refractivity contribution in [1.29, 1.82) is 0 Å². The fourth-order valence-electron chi connectivity index (χ4n) is 1.58. The maximum absolute atomic E-state index is 12.0. The highest BCUT2D eigenvalue weighted by Gasteiger charge is 2.18. The first-order valence-electron chi connectivity index (χ1n) is 5.67. The predicted octanol–water partition coefficient (Wildman–Crippen LogP) is 0.412. The van der Waals surface area contributed by atoms with Crippen molar-refractivity contribution in [2.45, 2.75) is 11.3 Å². The minimum atomic E-state index is -3.59. The van der Waals surface area contributed by atoms with Gasteiger partial charge in [-0.25, -0.2) is 13.1 Å². The van der Waals surface area contributed by atoms with Crippen LogP contribution in [0.1, 0.15) is 6.42 Å². The summed E-state index contributed by atoms with van der Waals surface area (Å²) in [6.07, 6.45) is 0.319. The second-order valence-corrected chi connectivity index (χ2v) is 6.21. The highest BCUT2D eigenvalue weighted by atomic mass is 32.2. The van der Waals surface area contributed by atoms with Crippen LogP contribution >= 0.6 is 12.2 Å². The van der Waals surface area contributed by atoms with Crippen LogP contribution in [0.2, 0.25) is 0 Å². The number of benzene rings is 1. The first kappa shape index (κ1) is 14.0. The third-order valence-corrected chi connectivity index (χ3v) is 4.15. The summed E-state index contributed by atoms with van der Waals surface area (Å²) in [7, 11) is -3.59. The Labute approximate surface area is 116 Å². The molecule has 0 unspecified atom stereocenters. The van der Waals surface area contributed by atoms with Gasteiger partial charge >= 0.3 is 0 Å². The van der Waals surface area contributed by atoms with Crippen molar-refractivity contribution in [2.75, 3.05) is 19.8 Å². The Morgan fingerprint density at radius 3 is 2.68 bits per heavy atom. The number of sulfonamides is 1. The smallest absolute Gasteiger partial charge is 0.240 e. The zero-order valence-electron chi connectivity index (χ0n) is 10.1. The van der Waals surface area contributed by atoms with E-state index in [0.29, 0.717) is 31.1 Å². The molecule has 3 N–H and O–H groups in total. The fourth-order valence-corrected chi connectivity index (χ4v) is 2.73. The predicted molar refractivity (Wildman–Crippen MR) is 74.0 cm³/mol. The standard InChI is InChI=1S/C11H14N2O4S2/c12-11(18)3-4-13-19(14,15)8-1-2-9-10(7-8)17-6-5-16-9/h1-2,7,13H,3-6H2,(H2,12,18). The molecule has 0 spiro atoms. The molecule has 0 atom stereocenters. The van der Waals surface area contributed by atoms with Crippen molar-refractivity contribution in [3.8, 4) is 11.5 Å². The molecule has 0 amide bonds. The molecule has 0 saturated carbocycles. The average Bonchev–Trinajstić information content (AvgIpc) is 2.37. The number of thiocarbonyl (C=S) groups is 1. The summed E-state index contributed by atoms with van der Waals surface area (Å²) in [5.41, 5.74) is 5.31. The lowest BCUT2D eigenvalue weighted by Gasteiger charge is -2.18. The maximum atomic E-state index is 12.0. The number of hydrogen-bond acceptors (Lipinski definition) is 5. The van der Waals surface area contributed by atoms with Crippen molar-refractivity contribution in [3.63, 3.8) is 0 Å². The molecule has 1 aromatic rings. The Kier molecular flexibility index (Phi) is 4.23. The first-order chi connectivity index (χ1) is 8.99. The fraction of sp³-hybridized carbons (Fsp3) is 0.364. The van der Waals surface area contributed by atoms with E-state index in [9.17, 15) is 8.42 Å². The van der Waals surface area contributed by atoms with E-state index in [0.717, 1.165) is 0 Å². The third kappa shape index (κ3) is 3.55. The van der Waals surface area contributed by atoms with E-state index in [2.05, 4.69) is 16.9 Å². The Balaban J connectivity index is 2.14. The molecule has 0 aromatic heterocycles. The van der Waals surface area contributed by atoms with Crippen LogP contribution in [-0.4, -0.2) is 33.2 Å². The topological polar surface area (TPSA) is 90.7 Å². The summed E-state index contributed by atoms with van der Waals surface area (Å²) in [5, 5.41) is 0. The van der Waals surface area contributed by atoms with Gasteiger partial charge in [-0.3, -0.25) is 0 Å². The molecule has 1 aromatic carbocycles. The van der Waals surface area contributed by atoms with Gasteiger partial charge < -0.3 is 15.2 Å². The summed E-state index contributed by atoms with van der Waals surface area (Å²) in [6.45, 7) is 1.04. The second-order valence-electron chi connectivity index (χ2n) is 3.92. The third-order valence-electron chi connectivity index (χ3n) is 2.49. The van der Waals surface area contributed by atoms with E-state index in [-0.39, 0.29) is 16.4 Å². The van der Waals surface area contributed by atoms with Gasteiger partial charge in [0.15, 0.2) is 11.5 Å². The minimum absolute atomic E-state index is 0.125. The molecule has 0 aliphatic carbocycles. The molecular formula is C11H14N2O4S2. The van der Waals surface area contributed by atoms with E-state index in [1.54, 1.807) is 6.07 Å². The zero-order chi connectivity index (χ0) is 13.9. The lowest BCUT2D eigenvalue weighted by atomic mass is 10.3. The quantitative estimate of drug-likeness (QED) is 0.766. The Hall–Kier alpha value is -1.38.